The zero-order chi connectivity index (χ0) is 18.4. The Bertz CT molecular complexity index is 1050. The molecule has 0 spiro atoms. The van der Waals surface area contributed by atoms with Gasteiger partial charge in [-0.05, 0) is 57.2 Å². The number of benzene rings is 1. The van der Waals surface area contributed by atoms with Crippen LogP contribution in [0.25, 0.3) is 11.0 Å². The highest BCUT2D eigenvalue weighted by atomic mass is 32.1. The molecule has 0 bridgehead atoms. The lowest BCUT2D eigenvalue weighted by molar-refractivity contribution is 0.0998. The average Bonchev–Trinajstić information content (AvgIpc) is 3.12. The van der Waals surface area contributed by atoms with Crippen molar-refractivity contribution in [3.05, 3.63) is 51.1 Å². The number of aryl methyl sites for hydroxylation is 3. The van der Waals surface area contributed by atoms with E-state index in [2.05, 4.69) is 5.32 Å². The van der Waals surface area contributed by atoms with Crippen LogP contribution in [-0.2, 0) is 12.8 Å². The van der Waals surface area contributed by atoms with E-state index in [0.29, 0.717) is 16.1 Å². The summed E-state index contributed by atoms with van der Waals surface area (Å²) >= 11 is 1.45. The third kappa shape index (κ3) is 2.70. The zero-order valence-electron chi connectivity index (χ0n) is 14.8. The topological polar surface area (TPSA) is 85.3 Å². The van der Waals surface area contributed by atoms with Gasteiger partial charge in [0, 0.05) is 15.8 Å². The zero-order valence-corrected chi connectivity index (χ0v) is 15.6. The summed E-state index contributed by atoms with van der Waals surface area (Å²) in [5, 5.41) is 4.33. The molecule has 26 heavy (non-hydrogen) atoms. The fraction of sp³-hybridized carbons (Fsp3) is 0.300. The molecule has 134 valence electrons. The molecule has 3 N–H and O–H groups in total. The standard InChI is InChI=1S/C20H20N2O3S/c1-10-7-8-14-13(9-10)11(2)17(25-14)19(24)22-20-16(18(21)23)12-5-3-4-6-15(12)26-20/h7-9H,3-6H2,1-2H3,(H2,21,23)(H,22,24). The van der Waals surface area contributed by atoms with Crippen molar-refractivity contribution >= 4 is 39.1 Å². The van der Waals surface area contributed by atoms with E-state index in [1.54, 1.807) is 0 Å². The van der Waals surface area contributed by atoms with E-state index in [9.17, 15) is 9.59 Å². The Hall–Kier alpha value is -2.60. The molecule has 0 aliphatic heterocycles. The first-order valence-electron chi connectivity index (χ1n) is 8.71. The Morgan fingerprint density at radius 3 is 2.73 bits per heavy atom. The first kappa shape index (κ1) is 16.8. The van der Waals surface area contributed by atoms with E-state index < -0.39 is 5.91 Å². The van der Waals surface area contributed by atoms with Crippen molar-refractivity contribution in [3.63, 3.8) is 0 Å². The highest BCUT2D eigenvalue weighted by Crippen LogP contribution is 2.38. The predicted molar refractivity (Wildman–Crippen MR) is 103 cm³/mol. The molecule has 0 saturated carbocycles. The Kier molecular flexibility index (Phi) is 4.07. The first-order chi connectivity index (χ1) is 12.5. The lowest BCUT2D eigenvalue weighted by atomic mass is 9.95. The Balaban J connectivity index is 1.72. The molecule has 5 nitrogen and oxygen atoms in total. The number of hydrogen-bond acceptors (Lipinski definition) is 4. The quantitative estimate of drug-likeness (QED) is 0.721. The molecule has 1 aliphatic carbocycles. The first-order valence-corrected chi connectivity index (χ1v) is 9.53. The van der Waals surface area contributed by atoms with Gasteiger partial charge in [0.1, 0.15) is 10.6 Å². The minimum atomic E-state index is -0.489. The van der Waals surface area contributed by atoms with Crippen LogP contribution < -0.4 is 11.1 Å². The van der Waals surface area contributed by atoms with Crippen LogP contribution in [0.15, 0.2) is 22.6 Å². The van der Waals surface area contributed by atoms with E-state index in [1.807, 2.05) is 32.0 Å². The summed E-state index contributed by atoms with van der Waals surface area (Å²) in [5.41, 5.74) is 9.64. The number of fused-ring (bicyclic) bond motifs is 2. The van der Waals surface area contributed by atoms with Crippen molar-refractivity contribution in [2.45, 2.75) is 39.5 Å². The summed E-state index contributed by atoms with van der Waals surface area (Å²) in [4.78, 5) is 25.9. The maximum Gasteiger partial charge on any atom is 0.292 e. The molecule has 0 radical (unpaired) electrons. The average molecular weight is 368 g/mol. The summed E-state index contributed by atoms with van der Waals surface area (Å²) in [6.45, 7) is 3.87. The van der Waals surface area contributed by atoms with E-state index in [0.717, 1.165) is 52.6 Å². The van der Waals surface area contributed by atoms with Gasteiger partial charge in [-0.3, -0.25) is 9.59 Å². The molecule has 1 aliphatic rings. The van der Waals surface area contributed by atoms with Gasteiger partial charge in [-0.15, -0.1) is 11.3 Å². The number of carbonyl (C=O) groups is 2. The molecule has 0 fully saturated rings. The van der Waals surface area contributed by atoms with Crippen molar-refractivity contribution < 1.29 is 14.0 Å². The fourth-order valence-corrected chi connectivity index (χ4v) is 4.92. The van der Waals surface area contributed by atoms with Gasteiger partial charge in [-0.2, -0.15) is 0 Å². The summed E-state index contributed by atoms with van der Waals surface area (Å²) in [6, 6.07) is 5.82. The van der Waals surface area contributed by atoms with Gasteiger partial charge in [-0.1, -0.05) is 11.6 Å². The maximum absolute atomic E-state index is 12.8. The summed E-state index contributed by atoms with van der Waals surface area (Å²) in [5.74, 6) is -0.568. The highest BCUT2D eigenvalue weighted by molar-refractivity contribution is 7.17. The number of anilines is 1. The number of furan rings is 1. The SMILES string of the molecule is Cc1ccc2oc(C(=O)Nc3sc4c(c3C(N)=O)CCCC4)c(C)c2c1. The number of primary amides is 1. The number of carbonyl (C=O) groups excluding carboxylic acids is 2. The minimum Gasteiger partial charge on any atom is -0.451 e. The second kappa shape index (κ2) is 6.29. The Labute approximate surface area is 155 Å². The molecule has 0 unspecified atom stereocenters. The number of nitrogens with two attached hydrogens (primary N) is 1. The van der Waals surface area contributed by atoms with Crippen molar-refractivity contribution in [2.24, 2.45) is 5.73 Å². The molecule has 0 saturated heterocycles. The van der Waals surface area contributed by atoms with Crippen LogP contribution in [0.4, 0.5) is 5.00 Å². The number of nitrogens with one attached hydrogen (secondary N) is 1. The molecule has 2 heterocycles. The monoisotopic (exact) mass is 368 g/mol. The molecular weight excluding hydrogens is 348 g/mol. The van der Waals surface area contributed by atoms with Gasteiger partial charge < -0.3 is 15.5 Å². The fourth-order valence-electron chi connectivity index (χ4n) is 3.63. The van der Waals surface area contributed by atoms with Crippen LogP contribution >= 0.6 is 11.3 Å². The molecular formula is C20H20N2O3S. The van der Waals surface area contributed by atoms with Gasteiger partial charge >= 0.3 is 0 Å². The van der Waals surface area contributed by atoms with Crippen molar-refractivity contribution in [2.75, 3.05) is 5.32 Å². The van der Waals surface area contributed by atoms with Gasteiger partial charge in [0.25, 0.3) is 11.8 Å². The van der Waals surface area contributed by atoms with Gasteiger partial charge in [0.05, 0.1) is 5.56 Å². The van der Waals surface area contributed by atoms with Crippen molar-refractivity contribution in [3.8, 4) is 0 Å². The number of amides is 2. The van der Waals surface area contributed by atoms with Gasteiger partial charge in [-0.25, -0.2) is 0 Å². The number of rotatable bonds is 3. The number of hydrogen-bond donors (Lipinski definition) is 2. The molecule has 4 rings (SSSR count). The number of thiophene rings is 1. The molecule has 0 atom stereocenters. The largest absolute Gasteiger partial charge is 0.451 e. The smallest absolute Gasteiger partial charge is 0.292 e. The third-order valence-corrected chi connectivity index (χ3v) is 6.15. The van der Waals surface area contributed by atoms with E-state index in [4.69, 9.17) is 10.2 Å². The van der Waals surface area contributed by atoms with E-state index in [1.165, 1.54) is 11.3 Å². The van der Waals surface area contributed by atoms with Crippen molar-refractivity contribution in [1.82, 2.24) is 0 Å². The van der Waals surface area contributed by atoms with Gasteiger partial charge in [0.2, 0.25) is 0 Å². The van der Waals surface area contributed by atoms with Gasteiger partial charge in [0.15, 0.2) is 5.76 Å². The molecule has 1 aromatic carbocycles. The molecule has 3 aromatic rings. The Morgan fingerprint density at radius 1 is 1.19 bits per heavy atom. The lowest BCUT2D eigenvalue weighted by Crippen LogP contribution is -2.18. The van der Waals surface area contributed by atoms with Crippen LogP contribution in [-0.4, -0.2) is 11.8 Å². The minimum absolute atomic E-state index is 0.271. The normalized spacial score (nSPS) is 13.6. The molecule has 2 amide bonds. The summed E-state index contributed by atoms with van der Waals surface area (Å²) in [7, 11) is 0. The second-order valence-corrected chi connectivity index (χ2v) is 7.89. The van der Waals surface area contributed by atoms with Crippen LogP contribution in [0.2, 0.25) is 0 Å². The maximum atomic E-state index is 12.8. The summed E-state index contributed by atoms with van der Waals surface area (Å²) < 4.78 is 5.77. The van der Waals surface area contributed by atoms with E-state index in [-0.39, 0.29) is 11.7 Å². The molecule has 2 aromatic heterocycles. The van der Waals surface area contributed by atoms with Crippen molar-refractivity contribution in [1.29, 1.82) is 0 Å². The van der Waals surface area contributed by atoms with Crippen LogP contribution in [0.5, 0.6) is 0 Å². The van der Waals surface area contributed by atoms with Crippen LogP contribution in [0, 0.1) is 13.8 Å². The van der Waals surface area contributed by atoms with E-state index >= 15 is 0 Å². The second-order valence-electron chi connectivity index (χ2n) is 6.79. The van der Waals surface area contributed by atoms with Crippen LogP contribution in [0.1, 0.15) is 55.3 Å². The molecule has 6 heteroatoms. The third-order valence-electron chi connectivity index (χ3n) is 4.94. The predicted octanol–water partition coefficient (Wildman–Crippen LogP) is 4.34. The lowest BCUT2D eigenvalue weighted by Gasteiger charge is -2.11. The van der Waals surface area contributed by atoms with Crippen LogP contribution in [0.3, 0.4) is 0 Å². The summed E-state index contributed by atoms with van der Waals surface area (Å²) in [6.07, 6.45) is 3.91. The highest BCUT2D eigenvalue weighted by Gasteiger charge is 2.26. The Morgan fingerprint density at radius 2 is 1.96 bits per heavy atom.